The van der Waals surface area contributed by atoms with Gasteiger partial charge in [0.25, 0.3) is 5.78 Å². The van der Waals surface area contributed by atoms with E-state index in [2.05, 4.69) is 4.98 Å². The van der Waals surface area contributed by atoms with Gasteiger partial charge in [0.1, 0.15) is 28.7 Å². The van der Waals surface area contributed by atoms with Gasteiger partial charge in [-0.1, -0.05) is 60.7 Å². The van der Waals surface area contributed by atoms with Gasteiger partial charge >= 0.3 is 11.9 Å². The Morgan fingerprint density at radius 3 is 2.42 bits per heavy atom. The van der Waals surface area contributed by atoms with E-state index in [9.17, 15) is 19.5 Å². The van der Waals surface area contributed by atoms with Gasteiger partial charge in [0.2, 0.25) is 0 Å². The predicted octanol–water partition coefficient (Wildman–Crippen LogP) is 6.23. The summed E-state index contributed by atoms with van der Waals surface area (Å²) in [6.07, 6.45) is 0.841. The minimum absolute atomic E-state index is 0.111. The van der Waals surface area contributed by atoms with Crippen LogP contribution in [0.3, 0.4) is 0 Å². The van der Waals surface area contributed by atoms with Gasteiger partial charge in [0.05, 0.1) is 31.0 Å². The summed E-state index contributed by atoms with van der Waals surface area (Å²) in [5.74, 6) is -1.57. The quantitative estimate of drug-likeness (QED) is 0.0989. The minimum Gasteiger partial charge on any atom is -0.507 e. The van der Waals surface area contributed by atoms with Gasteiger partial charge in [-0.25, -0.2) is 9.78 Å². The number of ether oxygens (including phenoxy) is 3. The number of aliphatic hydroxyl groups is 1. The Kier molecular flexibility index (Phi) is 8.87. The summed E-state index contributed by atoms with van der Waals surface area (Å²) in [4.78, 5) is 45.4. The standard InChI is InChI=1S/C33H30N2O7S/c1-4-17-41-24-15-13-22(14-16-24)28(36)26-27(23-11-8-12-25(18-23)42-19-21-9-6-5-7-10-21)35(31(38)29(26)37)33-34-20(2)30(43-33)32(39)40-3/h5-16,18,27,36H,4,17,19H2,1-3H3/b28-26+. The van der Waals surface area contributed by atoms with Crippen LogP contribution in [0.2, 0.25) is 0 Å². The number of benzene rings is 3. The molecule has 43 heavy (non-hydrogen) atoms. The summed E-state index contributed by atoms with van der Waals surface area (Å²) in [7, 11) is 1.26. The molecule has 0 bridgehead atoms. The molecule has 1 unspecified atom stereocenters. The number of hydrogen-bond acceptors (Lipinski definition) is 9. The van der Waals surface area contributed by atoms with Crippen molar-refractivity contribution in [1.82, 2.24) is 4.98 Å². The molecule has 3 aromatic carbocycles. The first kappa shape index (κ1) is 29.5. The summed E-state index contributed by atoms with van der Waals surface area (Å²) < 4.78 is 16.5. The van der Waals surface area contributed by atoms with Crippen molar-refractivity contribution in [2.75, 3.05) is 18.6 Å². The minimum atomic E-state index is -1.05. The Morgan fingerprint density at radius 2 is 1.72 bits per heavy atom. The van der Waals surface area contributed by atoms with E-state index in [4.69, 9.17) is 14.2 Å². The average molecular weight is 599 g/mol. The van der Waals surface area contributed by atoms with Crippen LogP contribution in [0.15, 0.2) is 84.4 Å². The number of aliphatic hydroxyl groups excluding tert-OH is 1. The number of anilines is 1. The molecule has 0 saturated carbocycles. The van der Waals surface area contributed by atoms with Crippen LogP contribution in [0.5, 0.6) is 11.5 Å². The molecule has 1 saturated heterocycles. The third-order valence-electron chi connectivity index (χ3n) is 6.83. The Labute approximate surface area is 253 Å². The maximum absolute atomic E-state index is 13.6. The van der Waals surface area contributed by atoms with Gasteiger partial charge in [0.15, 0.2) is 5.13 Å². The number of hydrogen-bond donors (Lipinski definition) is 1. The van der Waals surface area contributed by atoms with E-state index < -0.39 is 23.7 Å². The highest BCUT2D eigenvalue weighted by molar-refractivity contribution is 7.17. The normalized spacial score (nSPS) is 15.9. The van der Waals surface area contributed by atoms with Crippen LogP contribution in [0.25, 0.3) is 5.76 Å². The van der Waals surface area contributed by atoms with E-state index in [1.807, 2.05) is 37.3 Å². The molecular weight excluding hydrogens is 568 g/mol. The van der Waals surface area contributed by atoms with Crippen molar-refractivity contribution in [3.63, 3.8) is 0 Å². The number of ketones is 1. The molecule has 1 aliphatic heterocycles. The maximum atomic E-state index is 13.6. The molecule has 9 nitrogen and oxygen atoms in total. The number of esters is 1. The van der Waals surface area contributed by atoms with Crippen LogP contribution >= 0.6 is 11.3 Å². The molecule has 220 valence electrons. The van der Waals surface area contributed by atoms with Crippen molar-refractivity contribution in [1.29, 1.82) is 0 Å². The lowest BCUT2D eigenvalue weighted by Crippen LogP contribution is -2.29. The molecule has 0 spiro atoms. The second kappa shape index (κ2) is 12.9. The first-order valence-corrected chi connectivity index (χ1v) is 14.5. The first-order valence-electron chi connectivity index (χ1n) is 13.7. The van der Waals surface area contributed by atoms with Crippen LogP contribution in [-0.4, -0.2) is 41.5 Å². The second-order valence-corrected chi connectivity index (χ2v) is 10.8. The Balaban J connectivity index is 1.59. The highest BCUT2D eigenvalue weighted by Gasteiger charge is 2.48. The van der Waals surface area contributed by atoms with Crippen LogP contribution in [0.1, 0.15) is 51.4 Å². The van der Waals surface area contributed by atoms with E-state index >= 15 is 0 Å². The summed E-state index contributed by atoms with van der Waals surface area (Å²) in [5.41, 5.74) is 2.07. The zero-order valence-corrected chi connectivity index (χ0v) is 24.7. The summed E-state index contributed by atoms with van der Waals surface area (Å²) in [5, 5.41) is 11.6. The van der Waals surface area contributed by atoms with E-state index in [0.29, 0.717) is 41.5 Å². The Bertz CT molecular complexity index is 1680. The lowest BCUT2D eigenvalue weighted by Gasteiger charge is -2.23. The number of carbonyl (C=O) groups excluding carboxylic acids is 3. The smallest absolute Gasteiger partial charge is 0.350 e. The molecule has 0 aliphatic carbocycles. The molecule has 2 heterocycles. The van der Waals surface area contributed by atoms with Crippen molar-refractivity contribution >= 4 is 39.9 Å². The number of thiazole rings is 1. The largest absolute Gasteiger partial charge is 0.507 e. The van der Waals surface area contributed by atoms with Gasteiger partial charge in [-0.15, -0.1) is 0 Å². The van der Waals surface area contributed by atoms with Crippen LogP contribution < -0.4 is 14.4 Å². The van der Waals surface area contributed by atoms with Gasteiger partial charge in [-0.05, 0) is 60.9 Å². The molecule has 1 N–H and O–H groups in total. The van der Waals surface area contributed by atoms with Gasteiger partial charge in [-0.2, -0.15) is 0 Å². The third kappa shape index (κ3) is 6.14. The molecular formula is C33H30N2O7S. The second-order valence-electron chi connectivity index (χ2n) is 9.79. The molecule has 0 radical (unpaired) electrons. The molecule has 5 rings (SSSR count). The molecule has 1 atom stereocenters. The molecule has 1 aliphatic rings. The van der Waals surface area contributed by atoms with E-state index in [1.165, 1.54) is 12.0 Å². The summed E-state index contributed by atoms with van der Waals surface area (Å²) in [6.45, 7) is 4.47. The fourth-order valence-corrected chi connectivity index (χ4v) is 5.72. The van der Waals surface area contributed by atoms with E-state index in [1.54, 1.807) is 55.5 Å². The number of amides is 1. The van der Waals surface area contributed by atoms with E-state index in [-0.39, 0.29) is 21.3 Å². The van der Waals surface area contributed by atoms with Gasteiger partial charge < -0.3 is 19.3 Å². The van der Waals surface area contributed by atoms with Crippen molar-refractivity contribution in [3.8, 4) is 11.5 Å². The fraction of sp³-hybridized carbons (Fsp3) is 0.212. The van der Waals surface area contributed by atoms with Crippen molar-refractivity contribution in [2.45, 2.75) is 32.9 Å². The van der Waals surface area contributed by atoms with Crippen molar-refractivity contribution in [2.24, 2.45) is 0 Å². The first-order chi connectivity index (χ1) is 20.8. The predicted molar refractivity (Wildman–Crippen MR) is 162 cm³/mol. The molecule has 1 fully saturated rings. The average Bonchev–Trinajstić information content (AvgIpc) is 3.55. The number of Topliss-reactive ketones (excluding diaryl/α,β-unsaturated/α-hetero) is 1. The monoisotopic (exact) mass is 598 g/mol. The van der Waals surface area contributed by atoms with Crippen LogP contribution in [-0.2, 0) is 20.9 Å². The topological polar surface area (TPSA) is 115 Å². The van der Waals surface area contributed by atoms with Crippen LogP contribution in [0.4, 0.5) is 5.13 Å². The number of carbonyl (C=O) groups is 3. The lowest BCUT2D eigenvalue weighted by atomic mass is 9.95. The summed E-state index contributed by atoms with van der Waals surface area (Å²) in [6, 6.07) is 22.3. The third-order valence-corrected chi connectivity index (χ3v) is 7.97. The highest BCUT2D eigenvalue weighted by atomic mass is 32.1. The van der Waals surface area contributed by atoms with Crippen molar-refractivity contribution < 1.29 is 33.7 Å². The van der Waals surface area contributed by atoms with Crippen molar-refractivity contribution in [3.05, 3.63) is 112 Å². The number of methoxy groups -OCH3 is 1. The lowest BCUT2D eigenvalue weighted by molar-refractivity contribution is -0.132. The zero-order chi connectivity index (χ0) is 30.5. The number of rotatable bonds is 10. The van der Waals surface area contributed by atoms with Crippen LogP contribution in [0, 0.1) is 6.92 Å². The zero-order valence-electron chi connectivity index (χ0n) is 23.9. The summed E-state index contributed by atoms with van der Waals surface area (Å²) >= 11 is 0.940. The number of nitrogens with zero attached hydrogens (tertiary/aromatic N) is 2. The Hall–Kier alpha value is -4.96. The SMILES string of the molecule is CCCOc1ccc(/C(O)=C2\C(=O)C(=O)N(c3nc(C)c(C(=O)OC)s3)C2c2cccc(OCc3ccccc3)c2)cc1. The molecule has 4 aromatic rings. The molecule has 1 aromatic heterocycles. The fourth-order valence-electron chi connectivity index (χ4n) is 4.71. The number of aromatic nitrogens is 1. The maximum Gasteiger partial charge on any atom is 0.350 e. The van der Waals surface area contributed by atoms with Gasteiger partial charge in [0, 0.05) is 5.56 Å². The number of aryl methyl sites for hydroxylation is 1. The van der Waals surface area contributed by atoms with E-state index in [0.717, 1.165) is 23.3 Å². The molecule has 1 amide bonds. The van der Waals surface area contributed by atoms with Gasteiger partial charge in [-0.3, -0.25) is 14.5 Å². The molecule has 10 heteroatoms. The highest BCUT2D eigenvalue weighted by Crippen LogP contribution is 2.44. The Morgan fingerprint density at radius 1 is 0.977 bits per heavy atom.